The molecule has 6 heavy (non-hydrogen) atoms. The van der Waals surface area contributed by atoms with Gasteiger partial charge in [0.05, 0.1) is 10.2 Å². The fraction of sp³-hybridized carbons (Fsp3) is 0. The van der Waals surface area contributed by atoms with E-state index in [1.165, 1.54) is 5.19 Å². The van der Waals surface area contributed by atoms with Crippen molar-refractivity contribution in [2.24, 2.45) is 0 Å². The Labute approximate surface area is 44.2 Å². The summed E-state index contributed by atoms with van der Waals surface area (Å²) in [6.45, 7) is 0. The van der Waals surface area contributed by atoms with Gasteiger partial charge in [-0.25, -0.2) is 0 Å². The molecule has 1 heterocycles. The van der Waals surface area contributed by atoms with Crippen LogP contribution in [0.5, 0.6) is 0 Å². The van der Waals surface area contributed by atoms with Gasteiger partial charge in [0.1, 0.15) is 0 Å². The van der Waals surface area contributed by atoms with Crippen molar-refractivity contribution < 1.29 is 0 Å². The quantitative estimate of drug-likeness (QED) is 0.429. The summed E-state index contributed by atoms with van der Waals surface area (Å²) in [5, 5.41) is 5.24. The van der Waals surface area contributed by atoms with Gasteiger partial charge in [-0.05, 0) is 10.8 Å². The Morgan fingerprint density at radius 2 is 2.50 bits per heavy atom. The van der Waals surface area contributed by atoms with Crippen molar-refractivity contribution >= 4 is 26.8 Å². The molecule has 0 unspecified atom stereocenters. The van der Waals surface area contributed by atoms with E-state index in [1.54, 1.807) is 11.3 Å². The lowest BCUT2D eigenvalue weighted by Crippen LogP contribution is -1.91. The summed E-state index contributed by atoms with van der Waals surface area (Å²) in [7, 11) is 3.34. The van der Waals surface area contributed by atoms with Gasteiger partial charge in [0.15, 0.2) is 0 Å². The summed E-state index contributed by atoms with van der Waals surface area (Å²) in [4.78, 5) is 0. The minimum Gasteiger partial charge on any atom is -0.153 e. The zero-order valence-corrected chi connectivity index (χ0v) is 4.96. The molecule has 0 atom stereocenters. The maximum atomic E-state index is 3.34. The maximum Gasteiger partial charge on any atom is 0.0723 e. The second-order valence-electron chi connectivity index (χ2n) is 1.01. The lowest BCUT2D eigenvalue weighted by Gasteiger charge is -1.64. The van der Waals surface area contributed by atoms with Crippen LogP contribution >= 0.6 is 11.3 Å². The normalized spacial score (nSPS) is 8.83. The van der Waals surface area contributed by atoms with Gasteiger partial charge in [-0.3, -0.25) is 0 Å². The smallest absolute Gasteiger partial charge is 0.0723 e. The third-order valence-corrected chi connectivity index (χ3v) is 1.72. The molecular formula is C4H3SSi. The first kappa shape index (κ1) is 4.09. The topological polar surface area (TPSA) is 0 Å². The molecule has 0 aromatic carbocycles. The fourth-order valence-electron chi connectivity index (χ4n) is 0.264. The molecule has 29 valence electrons. The van der Waals surface area contributed by atoms with E-state index in [2.05, 4.69) is 10.2 Å². The van der Waals surface area contributed by atoms with Crippen LogP contribution in [0.4, 0.5) is 0 Å². The van der Waals surface area contributed by atoms with E-state index in [9.17, 15) is 0 Å². The van der Waals surface area contributed by atoms with Gasteiger partial charge < -0.3 is 0 Å². The Hall–Kier alpha value is -0.0831. The first-order valence-electron chi connectivity index (χ1n) is 1.63. The largest absolute Gasteiger partial charge is 0.153 e. The second kappa shape index (κ2) is 1.58. The Morgan fingerprint density at radius 1 is 1.67 bits per heavy atom. The monoisotopic (exact) mass is 111 g/mol. The van der Waals surface area contributed by atoms with Crippen molar-refractivity contribution in [1.82, 2.24) is 0 Å². The molecule has 2 heteroatoms. The highest BCUT2D eigenvalue weighted by Gasteiger charge is 1.74. The molecule has 0 saturated carbocycles. The Balaban J connectivity index is 3.05. The van der Waals surface area contributed by atoms with Crippen LogP contribution in [0.2, 0.25) is 0 Å². The molecule has 0 aliphatic carbocycles. The zero-order chi connectivity index (χ0) is 4.41. The summed E-state index contributed by atoms with van der Waals surface area (Å²) in [5.74, 6) is 0. The van der Waals surface area contributed by atoms with Crippen molar-refractivity contribution in [3.8, 4) is 0 Å². The van der Waals surface area contributed by atoms with Crippen molar-refractivity contribution in [2.75, 3.05) is 0 Å². The van der Waals surface area contributed by atoms with Gasteiger partial charge in [-0.1, -0.05) is 11.3 Å². The molecule has 0 aliphatic rings. The number of hydrogen-bond donors (Lipinski definition) is 0. The Bertz CT molecular complexity index is 111. The molecule has 0 amide bonds. The van der Waals surface area contributed by atoms with E-state index in [-0.39, 0.29) is 0 Å². The molecule has 1 rings (SSSR count). The van der Waals surface area contributed by atoms with Crippen LogP contribution in [-0.2, 0) is 0 Å². The molecule has 0 spiro atoms. The molecule has 3 radical (unpaired) electrons. The first-order valence-corrected chi connectivity index (χ1v) is 3.07. The van der Waals surface area contributed by atoms with Gasteiger partial charge in [0.2, 0.25) is 0 Å². The van der Waals surface area contributed by atoms with Crippen LogP contribution in [0.25, 0.3) is 0 Å². The molecule has 0 N–H and O–H groups in total. The summed E-state index contributed by atoms with van der Waals surface area (Å²) in [6.07, 6.45) is 0. The van der Waals surface area contributed by atoms with E-state index in [0.29, 0.717) is 0 Å². The highest BCUT2D eigenvalue weighted by atomic mass is 32.1. The van der Waals surface area contributed by atoms with Gasteiger partial charge >= 0.3 is 0 Å². The van der Waals surface area contributed by atoms with Crippen molar-refractivity contribution in [1.29, 1.82) is 0 Å². The molecular weight excluding hydrogens is 108 g/mol. The predicted octanol–water partition coefficient (Wildman–Crippen LogP) is 0.542. The maximum absolute atomic E-state index is 3.34. The summed E-state index contributed by atoms with van der Waals surface area (Å²) < 4.78 is 0. The molecule has 1 aromatic rings. The van der Waals surface area contributed by atoms with Crippen molar-refractivity contribution in [3.05, 3.63) is 16.8 Å². The first-order chi connectivity index (χ1) is 2.89. The van der Waals surface area contributed by atoms with Gasteiger partial charge in [-0.15, -0.1) is 0 Å². The number of rotatable bonds is 0. The van der Waals surface area contributed by atoms with Crippen LogP contribution in [-0.4, -0.2) is 10.2 Å². The van der Waals surface area contributed by atoms with E-state index < -0.39 is 0 Å². The second-order valence-corrected chi connectivity index (χ2v) is 2.37. The van der Waals surface area contributed by atoms with E-state index in [4.69, 9.17) is 0 Å². The third kappa shape index (κ3) is 0.697. The van der Waals surface area contributed by atoms with Crippen LogP contribution < -0.4 is 5.19 Å². The zero-order valence-electron chi connectivity index (χ0n) is 3.14. The molecule has 0 fully saturated rings. The summed E-state index contributed by atoms with van der Waals surface area (Å²) in [5.41, 5.74) is 0. The average molecular weight is 111 g/mol. The molecule has 0 nitrogen and oxygen atoms in total. The highest BCUT2D eigenvalue weighted by molar-refractivity contribution is 7.08. The fourth-order valence-corrected chi connectivity index (χ4v) is 1.20. The molecule has 0 aliphatic heterocycles. The minimum atomic E-state index is 1.17. The lowest BCUT2D eigenvalue weighted by atomic mass is 10.7. The van der Waals surface area contributed by atoms with Gasteiger partial charge in [-0.2, -0.15) is 11.3 Å². The van der Waals surface area contributed by atoms with Gasteiger partial charge in [0, 0.05) is 0 Å². The van der Waals surface area contributed by atoms with Crippen LogP contribution in [0.15, 0.2) is 16.8 Å². The van der Waals surface area contributed by atoms with Crippen LogP contribution in [0.1, 0.15) is 0 Å². The van der Waals surface area contributed by atoms with E-state index in [1.807, 2.05) is 16.8 Å². The summed E-state index contributed by atoms with van der Waals surface area (Å²) >= 11 is 1.69. The van der Waals surface area contributed by atoms with Crippen LogP contribution in [0.3, 0.4) is 0 Å². The Morgan fingerprint density at radius 3 is 2.67 bits per heavy atom. The molecule has 1 aromatic heterocycles. The van der Waals surface area contributed by atoms with Crippen molar-refractivity contribution in [2.45, 2.75) is 0 Å². The number of hydrogen-bond acceptors (Lipinski definition) is 1. The summed E-state index contributed by atoms with van der Waals surface area (Å²) in [6, 6.07) is 2.02. The Kier molecular flexibility index (Phi) is 1.07. The SMILES string of the molecule is [Si]c1ccsc1. The van der Waals surface area contributed by atoms with Gasteiger partial charge in [0.25, 0.3) is 0 Å². The number of thiophene rings is 1. The van der Waals surface area contributed by atoms with Crippen LogP contribution in [0, 0.1) is 0 Å². The third-order valence-electron chi connectivity index (χ3n) is 0.521. The van der Waals surface area contributed by atoms with Crippen molar-refractivity contribution in [3.63, 3.8) is 0 Å². The highest BCUT2D eigenvalue weighted by Crippen LogP contribution is 1.88. The minimum absolute atomic E-state index is 1.17. The van der Waals surface area contributed by atoms with E-state index in [0.717, 1.165) is 0 Å². The molecule has 0 bridgehead atoms. The average Bonchev–Trinajstić information content (AvgIpc) is 1.86. The van der Waals surface area contributed by atoms with E-state index >= 15 is 0 Å². The lowest BCUT2D eigenvalue weighted by molar-refractivity contribution is 2.15. The molecule has 0 saturated heterocycles. The standard InChI is InChI=1S/C4H3SSi/c6-4-1-2-5-3-4/h1-3H. The predicted molar refractivity (Wildman–Crippen MR) is 29.7 cm³/mol.